The lowest BCUT2D eigenvalue weighted by Crippen LogP contribution is -1.92. The average molecular weight is 265 g/mol. The first-order valence-electron chi connectivity index (χ1n) is 4.32. The zero-order chi connectivity index (χ0) is 10.4. The van der Waals surface area contributed by atoms with E-state index in [1.165, 1.54) is 0 Å². The fourth-order valence-corrected chi connectivity index (χ4v) is 2.13. The number of rotatable bonds is 0. The summed E-state index contributed by atoms with van der Waals surface area (Å²) >= 11 is 3.41. The fraction of sp³-hybridized carbons (Fsp3) is 0. The molecular formula is C10H5BrN2O2. The summed E-state index contributed by atoms with van der Waals surface area (Å²) in [4.78, 5) is 17.9. The van der Waals surface area contributed by atoms with Crippen LogP contribution in [0.3, 0.4) is 0 Å². The van der Waals surface area contributed by atoms with Crippen molar-refractivity contribution in [3.05, 3.63) is 39.4 Å². The van der Waals surface area contributed by atoms with E-state index >= 15 is 0 Å². The molecular weight excluding hydrogens is 260 g/mol. The van der Waals surface area contributed by atoms with Gasteiger partial charge in [0.1, 0.15) is 5.52 Å². The molecule has 0 bridgehead atoms. The molecule has 74 valence electrons. The summed E-state index contributed by atoms with van der Waals surface area (Å²) in [7, 11) is 0. The number of aromatic nitrogens is 2. The molecule has 0 saturated heterocycles. The highest BCUT2D eigenvalue weighted by molar-refractivity contribution is 9.10. The minimum absolute atomic E-state index is 0.463. The van der Waals surface area contributed by atoms with Crippen LogP contribution >= 0.6 is 15.9 Å². The maximum absolute atomic E-state index is 11.1. The molecule has 3 rings (SSSR count). The monoisotopic (exact) mass is 264 g/mol. The second-order valence-corrected chi connectivity index (χ2v) is 4.00. The molecule has 0 unspecified atom stereocenters. The van der Waals surface area contributed by atoms with Gasteiger partial charge in [-0.3, -0.25) is 9.97 Å². The Morgan fingerprint density at radius 2 is 2.27 bits per heavy atom. The Bertz CT molecular complexity index is 714. The van der Waals surface area contributed by atoms with E-state index in [2.05, 4.69) is 25.9 Å². The number of hydrogen-bond acceptors (Lipinski definition) is 3. The minimum atomic E-state index is -0.463. The molecule has 3 aromatic rings. The molecule has 2 aromatic heterocycles. The van der Waals surface area contributed by atoms with Gasteiger partial charge in [0.2, 0.25) is 0 Å². The number of pyridine rings is 1. The van der Waals surface area contributed by atoms with E-state index in [4.69, 9.17) is 4.42 Å². The predicted molar refractivity (Wildman–Crippen MR) is 59.8 cm³/mol. The molecule has 0 aliphatic rings. The molecule has 0 aliphatic carbocycles. The molecule has 2 heterocycles. The third-order valence-corrected chi connectivity index (χ3v) is 2.89. The summed E-state index contributed by atoms with van der Waals surface area (Å²) in [5, 5.41) is 0.813. The zero-order valence-electron chi connectivity index (χ0n) is 7.45. The van der Waals surface area contributed by atoms with E-state index in [9.17, 15) is 4.79 Å². The molecule has 1 N–H and O–H groups in total. The van der Waals surface area contributed by atoms with E-state index in [-0.39, 0.29) is 0 Å². The first-order valence-corrected chi connectivity index (χ1v) is 5.11. The van der Waals surface area contributed by atoms with Gasteiger partial charge in [0, 0.05) is 4.47 Å². The van der Waals surface area contributed by atoms with Crippen LogP contribution in [0.25, 0.3) is 22.0 Å². The van der Waals surface area contributed by atoms with Gasteiger partial charge in [0.25, 0.3) is 0 Å². The van der Waals surface area contributed by atoms with E-state index in [0.717, 1.165) is 15.4 Å². The Labute approximate surface area is 92.1 Å². The van der Waals surface area contributed by atoms with Crippen molar-refractivity contribution in [1.29, 1.82) is 0 Å². The quantitative estimate of drug-likeness (QED) is 0.679. The van der Waals surface area contributed by atoms with Gasteiger partial charge in [0.05, 0.1) is 17.1 Å². The number of aromatic amines is 1. The van der Waals surface area contributed by atoms with Gasteiger partial charge in [-0.15, -0.1) is 0 Å². The lowest BCUT2D eigenvalue weighted by molar-refractivity contribution is 0.558. The Kier molecular flexibility index (Phi) is 1.70. The Morgan fingerprint density at radius 3 is 3.13 bits per heavy atom. The van der Waals surface area contributed by atoms with E-state index < -0.39 is 5.76 Å². The third-order valence-electron chi connectivity index (χ3n) is 2.23. The van der Waals surface area contributed by atoms with Crippen LogP contribution in [-0.4, -0.2) is 9.97 Å². The summed E-state index contributed by atoms with van der Waals surface area (Å²) in [5.41, 5.74) is 1.94. The van der Waals surface area contributed by atoms with Crippen LogP contribution in [0.2, 0.25) is 0 Å². The maximum atomic E-state index is 11.1. The first-order chi connectivity index (χ1) is 7.25. The van der Waals surface area contributed by atoms with Crippen LogP contribution in [0.4, 0.5) is 0 Å². The first kappa shape index (κ1) is 8.67. The van der Waals surface area contributed by atoms with Crippen LogP contribution in [0.5, 0.6) is 0 Å². The number of hydrogen-bond donors (Lipinski definition) is 1. The molecule has 15 heavy (non-hydrogen) atoms. The molecule has 4 nitrogen and oxygen atoms in total. The Balaban J connectivity index is 2.68. The molecule has 5 heteroatoms. The highest BCUT2D eigenvalue weighted by Gasteiger charge is 2.09. The van der Waals surface area contributed by atoms with Crippen molar-refractivity contribution in [2.45, 2.75) is 0 Å². The fourth-order valence-electron chi connectivity index (χ4n) is 1.60. The van der Waals surface area contributed by atoms with Gasteiger partial charge in [-0.2, -0.15) is 0 Å². The van der Waals surface area contributed by atoms with Crippen molar-refractivity contribution in [1.82, 2.24) is 9.97 Å². The second kappa shape index (κ2) is 2.93. The molecule has 0 saturated carbocycles. The highest BCUT2D eigenvalue weighted by Crippen LogP contribution is 2.28. The van der Waals surface area contributed by atoms with Crippen LogP contribution in [0.15, 0.2) is 38.1 Å². The SMILES string of the molecule is O=c1[nH]c2cnc3cccc(Br)c3c2o1. The molecule has 0 spiro atoms. The van der Waals surface area contributed by atoms with Crippen molar-refractivity contribution in [2.75, 3.05) is 0 Å². The zero-order valence-corrected chi connectivity index (χ0v) is 9.04. The van der Waals surface area contributed by atoms with Gasteiger partial charge in [-0.1, -0.05) is 6.07 Å². The smallest absolute Gasteiger partial charge is 0.407 e. The van der Waals surface area contributed by atoms with Crippen LogP contribution in [0, 0.1) is 0 Å². The number of H-pyrrole nitrogens is 1. The van der Waals surface area contributed by atoms with Crippen LogP contribution in [-0.2, 0) is 0 Å². The van der Waals surface area contributed by atoms with Gasteiger partial charge in [-0.05, 0) is 28.1 Å². The lowest BCUT2D eigenvalue weighted by Gasteiger charge is -1.98. The Hall–Kier alpha value is -1.62. The number of nitrogens with zero attached hydrogens (tertiary/aromatic N) is 1. The summed E-state index contributed by atoms with van der Waals surface area (Å²) in [6.07, 6.45) is 1.59. The summed E-state index contributed by atoms with van der Waals surface area (Å²) < 4.78 is 5.94. The van der Waals surface area contributed by atoms with Crippen molar-refractivity contribution in [3.8, 4) is 0 Å². The van der Waals surface area contributed by atoms with Crippen LogP contribution < -0.4 is 5.76 Å². The van der Waals surface area contributed by atoms with Crippen LogP contribution in [0.1, 0.15) is 0 Å². The molecule has 0 atom stereocenters. The number of halogens is 1. The molecule has 1 aromatic carbocycles. The van der Waals surface area contributed by atoms with Gasteiger partial charge < -0.3 is 4.42 Å². The summed E-state index contributed by atoms with van der Waals surface area (Å²) in [6.45, 7) is 0. The van der Waals surface area contributed by atoms with Crippen molar-refractivity contribution < 1.29 is 4.42 Å². The predicted octanol–water partition coefficient (Wildman–Crippen LogP) is 2.43. The standard InChI is InChI=1S/C10H5BrN2O2/c11-5-2-1-3-6-8(5)9-7(4-12-6)13-10(14)15-9/h1-4H,(H,13,14). The van der Waals surface area contributed by atoms with E-state index in [1.54, 1.807) is 6.20 Å². The average Bonchev–Trinajstić information content (AvgIpc) is 2.58. The van der Waals surface area contributed by atoms with Gasteiger partial charge >= 0.3 is 5.76 Å². The van der Waals surface area contributed by atoms with Gasteiger partial charge in [-0.25, -0.2) is 4.79 Å². The number of oxazole rings is 1. The third kappa shape index (κ3) is 1.20. The normalized spacial score (nSPS) is 11.3. The van der Waals surface area contributed by atoms with E-state index in [0.29, 0.717) is 11.1 Å². The van der Waals surface area contributed by atoms with Crippen molar-refractivity contribution >= 4 is 37.9 Å². The highest BCUT2D eigenvalue weighted by atomic mass is 79.9. The lowest BCUT2D eigenvalue weighted by atomic mass is 10.2. The largest absolute Gasteiger partial charge is 0.417 e. The summed E-state index contributed by atoms with van der Waals surface area (Å²) in [5.74, 6) is -0.463. The molecule has 0 radical (unpaired) electrons. The topological polar surface area (TPSA) is 58.9 Å². The minimum Gasteiger partial charge on any atom is -0.407 e. The molecule has 0 amide bonds. The number of nitrogens with one attached hydrogen (secondary N) is 1. The van der Waals surface area contributed by atoms with Crippen molar-refractivity contribution in [2.24, 2.45) is 0 Å². The van der Waals surface area contributed by atoms with Gasteiger partial charge in [0.15, 0.2) is 5.58 Å². The molecule has 0 aliphatic heterocycles. The maximum Gasteiger partial charge on any atom is 0.417 e. The Morgan fingerprint density at radius 1 is 1.40 bits per heavy atom. The molecule has 0 fully saturated rings. The number of fused-ring (bicyclic) bond motifs is 3. The number of benzene rings is 1. The summed E-state index contributed by atoms with van der Waals surface area (Å²) in [6, 6.07) is 5.64. The van der Waals surface area contributed by atoms with E-state index in [1.807, 2.05) is 18.2 Å². The second-order valence-electron chi connectivity index (χ2n) is 3.15. The van der Waals surface area contributed by atoms with Crippen molar-refractivity contribution in [3.63, 3.8) is 0 Å².